The topological polar surface area (TPSA) is 83.1 Å². The maximum absolute atomic E-state index is 13.9. The average Bonchev–Trinajstić information content (AvgIpc) is 2.85. The zero-order valence-electron chi connectivity index (χ0n) is 11.8. The van der Waals surface area contributed by atoms with E-state index in [2.05, 4.69) is 9.97 Å². The SMILES string of the molecule is Cc1c(Oc2cnc3c(c2)ncn3C)ccc([N+](=O)[O-])c1F. The van der Waals surface area contributed by atoms with Gasteiger partial charge in [-0.3, -0.25) is 10.1 Å². The molecular weight excluding hydrogens is 291 g/mol. The van der Waals surface area contributed by atoms with Crippen LogP contribution in [-0.4, -0.2) is 19.5 Å². The lowest BCUT2D eigenvalue weighted by Crippen LogP contribution is -1.97. The van der Waals surface area contributed by atoms with Crippen LogP contribution in [0.15, 0.2) is 30.7 Å². The summed E-state index contributed by atoms with van der Waals surface area (Å²) in [7, 11) is 1.82. The normalized spacial score (nSPS) is 10.9. The lowest BCUT2D eigenvalue weighted by Gasteiger charge is -2.09. The van der Waals surface area contributed by atoms with Crippen molar-refractivity contribution in [3.8, 4) is 11.5 Å². The van der Waals surface area contributed by atoms with Crippen molar-refractivity contribution in [1.29, 1.82) is 0 Å². The molecule has 0 amide bonds. The minimum atomic E-state index is -0.908. The summed E-state index contributed by atoms with van der Waals surface area (Å²) in [4.78, 5) is 18.3. The summed E-state index contributed by atoms with van der Waals surface area (Å²) >= 11 is 0. The second-order valence-corrected chi connectivity index (χ2v) is 4.75. The van der Waals surface area contributed by atoms with Gasteiger partial charge in [-0.05, 0) is 13.0 Å². The molecule has 22 heavy (non-hydrogen) atoms. The molecule has 1 aromatic carbocycles. The molecule has 3 rings (SSSR count). The maximum atomic E-state index is 13.9. The van der Waals surface area contributed by atoms with Gasteiger partial charge in [0.1, 0.15) is 17.0 Å². The largest absolute Gasteiger partial charge is 0.455 e. The van der Waals surface area contributed by atoms with Crippen LogP contribution in [-0.2, 0) is 7.05 Å². The number of nitro groups is 1. The summed E-state index contributed by atoms with van der Waals surface area (Å²) in [5.41, 5.74) is 0.817. The number of hydrogen-bond donors (Lipinski definition) is 0. The van der Waals surface area contributed by atoms with E-state index in [1.165, 1.54) is 19.2 Å². The Kier molecular flexibility index (Phi) is 3.21. The Hall–Kier alpha value is -3.03. The monoisotopic (exact) mass is 302 g/mol. The van der Waals surface area contributed by atoms with Gasteiger partial charge in [0.05, 0.1) is 17.4 Å². The van der Waals surface area contributed by atoms with Crippen molar-refractivity contribution in [3.63, 3.8) is 0 Å². The number of nitro benzene ring substituents is 1. The van der Waals surface area contributed by atoms with Crippen LogP contribution in [0.25, 0.3) is 11.2 Å². The molecule has 2 heterocycles. The third-order valence-electron chi connectivity index (χ3n) is 3.27. The number of benzene rings is 1. The third kappa shape index (κ3) is 2.24. The van der Waals surface area contributed by atoms with Crippen molar-refractivity contribution in [2.45, 2.75) is 6.92 Å². The fraction of sp³-hybridized carbons (Fsp3) is 0.143. The third-order valence-corrected chi connectivity index (χ3v) is 3.27. The van der Waals surface area contributed by atoms with E-state index in [9.17, 15) is 14.5 Å². The van der Waals surface area contributed by atoms with E-state index >= 15 is 0 Å². The first-order chi connectivity index (χ1) is 10.5. The van der Waals surface area contributed by atoms with Crippen molar-refractivity contribution in [2.24, 2.45) is 7.05 Å². The van der Waals surface area contributed by atoms with Crippen molar-refractivity contribution in [1.82, 2.24) is 14.5 Å². The Morgan fingerprint density at radius 2 is 2.14 bits per heavy atom. The molecule has 0 saturated carbocycles. The van der Waals surface area contributed by atoms with E-state index in [4.69, 9.17) is 4.74 Å². The Morgan fingerprint density at radius 3 is 2.86 bits per heavy atom. The molecule has 0 fully saturated rings. The molecule has 0 N–H and O–H groups in total. The summed E-state index contributed by atoms with van der Waals surface area (Å²) in [6.45, 7) is 1.42. The molecule has 0 atom stereocenters. The van der Waals surface area contributed by atoms with E-state index in [-0.39, 0.29) is 11.3 Å². The fourth-order valence-electron chi connectivity index (χ4n) is 2.09. The molecule has 3 aromatic rings. The lowest BCUT2D eigenvalue weighted by molar-refractivity contribution is -0.387. The standard InChI is InChI=1S/C14H11FN4O3/c1-8-12(4-3-11(13(8)15)19(20)21)22-9-5-10-14(16-6-9)18(2)7-17-10/h3-7H,1-2H3. The Morgan fingerprint density at radius 1 is 1.36 bits per heavy atom. The molecule has 8 heteroatoms. The van der Waals surface area contributed by atoms with Crippen LogP contribution in [0.3, 0.4) is 0 Å². The van der Waals surface area contributed by atoms with Crippen molar-refractivity contribution in [3.05, 3.63) is 52.2 Å². The molecule has 0 bridgehead atoms. The number of hydrogen-bond acceptors (Lipinski definition) is 5. The molecule has 0 aliphatic carbocycles. The number of pyridine rings is 1. The molecule has 0 spiro atoms. The summed E-state index contributed by atoms with van der Waals surface area (Å²) in [6.07, 6.45) is 3.11. The zero-order chi connectivity index (χ0) is 15.9. The number of rotatable bonds is 3. The highest BCUT2D eigenvalue weighted by molar-refractivity contribution is 5.72. The first kappa shape index (κ1) is 13.9. The van der Waals surface area contributed by atoms with Gasteiger partial charge >= 0.3 is 5.69 Å². The quantitative estimate of drug-likeness (QED) is 0.548. The van der Waals surface area contributed by atoms with Gasteiger partial charge in [-0.25, -0.2) is 9.97 Å². The highest BCUT2D eigenvalue weighted by Crippen LogP contribution is 2.31. The van der Waals surface area contributed by atoms with E-state index in [0.29, 0.717) is 16.9 Å². The van der Waals surface area contributed by atoms with Crippen LogP contribution in [0, 0.1) is 22.9 Å². The van der Waals surface area contributed by atoms with Crippen LogP contribution >= 0.6 is 0 Å². The lowest BCUT2D eigenvalue weighted by atomic mass is 10.2. The van der Waals surface area contributed by atoms with Gasteiger partial charge in [-0.1, -0.05) is 0 Å². The zero-order valence-corrected chi connectivity index (χ0v) is 11.8. The van der Waals surface area contributed by atoms with Gasteiger partial charge in [0.25, 0.3) is 0 Å². The van der Waals surface area contributed by atoms with Gasteiger partial charge in [0.15, 0.2) is 5.65 Å². The van der Waals surface area contributed by atoms with E-state index in [1.54, 1.807) is 17.0 Å². The smallest absolute Gasteiger partial charge is 0.305 e. The molecule has 112 valence electrons. The molecule has 7 nitrogen and oxygen atoms in total. The highest BCUT2D eigenvalue weighted by atomic mass is 19.1. The number of aryl methyl sites for hydroxylation is 1. The molecule has 0 aliphatic heterocycles. The Balaban J connectivity index is 1.97. The van der Waals surface area contributed by atoms with Crippen LogP contribution in [0.2, 0.25) is 0 Å². The van der Waals surface area contributed by atoms with Crippen molar-refractivity contribution >= 4 is 16.9 Å². The van der Waals surface area contributed by atoms with Gasteiger partial charge in [0.2, 0.25) is 5.82 Å². The highest BCUT2D eigenvalue weighted by Gasteiger charge is 2.19. The molecule has 0 unspecified atom stereocenters. The fourth-order valence-corrected chi connectivity index (χ4v) is 2.09. The summed E-state index contributed by atoms with van der Waals surface area (Å²) in [5, 5.41) is 10.7. The van der Waals surface area contributed by atoms with Crippen LogP contribution in [0.1, 0.15) is 5.56 Å². The summed E-state index contributed by atoms with van der Waals surface area (Å²) < 4.78 is 21.2. The van der Waals surface area contributed by atoms with E-state index in [1.807, 2.05) is 7.05 Å². The summed E-state index contributed by atoms with van der Waals surface area (Å²) in [5.74, 6) is -0.336. The first-order valence-corrected chi connectivity index (χ1v) is 6.36. The second kappa shape index (κ2) is 5.06. The Bertz CT molecular complexity index is 891. The first-order valence-electron chi connectivity index (χ1n) is 6.36. The van der Waals surface area contributed by atoms with Crippen molar-refractivity contribution < 1.29 is 14.1 Å². The molecule has 0 radical (unpaired) electrons. The number of ether oxygens (including phenoxy) is 1. The number of halogens is 1. The average molecular weight is 302 g/mol. The van der Waals surface area contributed by atoms with Gasteiger partial charge < -0.3 is 9.30 Å². The van der Waals surface area contributed by atoms with E-state index < -0.39 is 16.4 Å². The van der Waals surface area contributed by atoms with Crippen LogP contribution in [0.5, 0.6) is 11.5 Å². The number of imidazole rings is 1. The van der Waals surface area contributed by atoms with E-state index in [0.717, 1.165) is 6.07 Å². The van der Waals surface area contributed by atoms with Gasteiger partial charge in [0, 0.05) is 24.7 Å². The van der Waals surface area contributed by atoms with Gasteiger partial charge in [-0.15, -0.1) is 0 Å². The molecule has 2 aromatic heterocycles. The predicted molar refractivity (Wildman–Crippen MR) is 76.4 cm³/mol. The minimum Gasteiger partial charge on any atom is -0.455 e. The Labute approximate surface area is 124 Å². The van der Waals surface area contributed by atoms with Gasteiger partial charge in [-0.2, -0.15) is 4.39 Å². The molecule has 0 aliphatic rings. The number of nitrogens with zero attached hydrogens (tertiary/aromatic N) is 4. The van der Waals surface area contributed by atoms with Crippen LogP contribution in [0.4, 0.5) is 10.1 Å². The maximum Gasteiger partial charge on any atom is 0.305 e. The van der Waals surface area contributed by atoms with Crippen LogP contribution < -0.4 is 4.74 Å². The number of aromatic nitrogens is 3. The minimum absolute atomic E-state index is 0.0651. The second-order valence-electron chi connectivity index (χ2n) is 4.75. The number of fused-ring (bicyclic) bond motifs is 1. The molecular formula is C14H11FN4O3. The van der Waals surface area contributed by atoms with Crippen molar-refractivity contribution in [2.75, 3.05) is 0 Å². The predicted octanol–water partition coefficient (Wildman–Crippen LogP) is 3.12. The summed E-state index contributed by atoms with van der Waals surface area (Å²) in [6, 6.07) is 4.10. The molecule has 0 saturated heterocycles.